The van der Waals surface area contributed by atoms with Crippen molar-refractivity contribution in [1.29, 1.82) is 0 Å². The first-order chi connectivity index (χ1) is 15.6. The molecule has 1 amide bonds. The first kappa shape index (κ1) is 22.1. The van der Waals surface area contributed by atoms with E-state index in [1.165, 1.54) is 5.82 Å². The maximum absolute atomic E-state index is 13.3. The third kappa shape index (κ3) is 3.90. The Labute approximate surface area is 191 Å². The van der Waals surface area contributed by atoms with Gasteiger partial charge in [0.1, 0.15) is 30.4 Å². The van der Waals surface area contributed by atoms with Gasteiger partial charge in [0.25, 0.3) is 5.82 Å². The van der Waals surface area contributed by atoms with E-state index in [4.69, 9.17) is 5.73 Å². The van der Waals surface area contributed by atoms with Gasteiger partial charge in [0.15, 0.2) is 0 Å². The minimum atomic E-state index is -0.821. The molecule has 0 radical (unpaired) electrons. The van der Waals surface area contributed by atoms with Crippen molar-refractivity contribution >= 4 is 5.91 Å². The summed E-state index contributed by atoms with van der Waals surface area (Å²) in [4.78, 5) is 13.3. The number of amides is 1. The van der Waals surface area contributed by atoms with Crippen LogP contribution < -0.4 is 10.3 Å². The average molecular weight is 429 g/mol. The highest BCUT2D eigenvalue weighted by molar-refractivity contribution is 5.91. The van der Waals surface area contributed by atoms with Gasteiger partial charge in [0.05, 0.1) is 0 Å². The zero-order valence-corrected chi connectivity index (χ0v) is 19.2. The zero-order chi connectivity index (χ0) is 22.6. The molecule has 2 atom stereocenters. The van der Waals surface area contributed by atoms with Gasteiger partial charge in [-0.25, -0.2) is 9.13 Å². The van der Waals surface area contributed by atoms with Crippen LogP contribution in [0.15, 0.2) is 85.2 Å². The lowest BCUT2D eigenvalue weighted by Gasteiger charge is -2.37. The van der Waals surface area contributed by atoms with Gasteiger partial charge in [-0.2, -0.15) is 0 Å². The van der Waals surface area contributed by atoms with Gasteiger partial charge in [-0.1, -0.05) is 73.7 Å². The van der Waals surface area contributed by atoms with Crippen molar-refractivity contribution in [3.05, 3.63) is 102 Å². The van der Waals surface area contributed by atoms with E-state index in [1.807, 2.05) is 36.4 Å². The third-order valence-electron chi connectivity index (χ3n) is 7.16. The number of nitrogens with zero attached hydrogens (tertiary/aromatic N) is 2. The topological polar surface area (TPSA) is 51.9 Å². The molecule has 1 fully saturated rings. The summed E-state index contributed by atoms with van der Waals surface area (Å²) in [5.74, 6) is 1.13. The molecule has 0 bridgehead atoms. The second-order valence-electron chi connectivity index (χ2n) is 8.85. The van der Waals surface area contributed by atoms with Gasteiger partial charge in [0.2, 0.25) is 5.91 Å². The van der Waals surface area contributed by atoms with Crippen LogP contribution >= 0.6 is 0 Å². The molecule has 0 saturated heterocycles. The molecule has 4 rings (SSSR count). The van der Waals surface area contributed by atoms with Crippen LogP contribution in [-0.2, 0) is 16.8 Å². The molecule has 166 valence electrons. The number of allylic oxidation sites excluding steroid dienone is 2. The summed E-state index contributed by atoms with van der Waals surface area (Å²) in [7, 11) is 0. The van der Waals surface area contributed by atoms with Crippen LogP contribution in [0.5, 0.6) is 0 Å². The van der Waals surface area contributed by atoms with Crippen molar-refractivity contribution in [2.24, 2.45) is 11.7 Å². The van der Waals surface area contributed by atoms with E-state index in [0.29, 0.717) is 6.04 Å². The van der Waals surface area contributed by atoms with Gasteiger partial charge in [-0.15, -0.1) is 0 Å². The Bertz CT molecular complexity index is 1030. The van der Waals surface area contributed by atoms with E-state index in [-0.39, 0.29) is 11.8 Å². The number of rotatable bonds is 8. The molecule has 2 aromatic carbocycles. The van der Waals surface area contributed by atoms with Crippen LogP contribution in [0.25, 0.3) is 0 Å². The van der Waals surface area contributed by atoms with Crippen LogP contribution in [0.3, 0.4) is 0 Å². The Morgan fingerprint density at radius 3 is 2.25 bits per heavy atom. The Hall–Kier alpha value is -3.14. The van der Waals surface area contributed by atoms with Crippen molar-refractivity contribution in [3.63, 3.8) is 0 Å². The lowest BCUT2D eigenvalue weighted by Crippen LogP contribution is -2.47. The summed E-state index contributed by atoms with van der Waals surface area (Å²) >= 11 is 0. The monoisotopic (exact) mass is 428 g/mol. The van der Waals surface area contributed by atoms with Crippen LogP contribution in [0.1, 0.15) is 55.6 Å². The maximum atomic E-state index is 13.3. The summed E-state index contributed by atoms with van der Waals surface area (Å²) in [5.41, 5.74) is 7.41. The highest BCUT2D eigenvalue weighted by Crippen LogP contribution is 2.49. The Morgan fingerprint density at radius 2 is 1.69 bits per heavy atom. The van der Waals surface area contributed by atoms with Crippen molar-refractivity contribution in [1.82, 2.24) is 4.57 Å². The Balaban J connectivity index is 1.70. The Kier molecular flexibility index (Phi) is 6.59. The number of nitrogens with two attached hydrogens (primary N) is 1. The van der Waals surface area contributed by atoms with E-state index >= 15 is 0 Å². The van der Waals surface area contributed by atoms with Crippen molar-refractivity contribution < 1.29 is 9.36 Å². The fourth-order valence-electron chi connectivity index (χ4n) is 5.58. The minimum Gasteiger partial charge on any atom is -0.369 e. The summed E-state index contributed by atoms with van der Waals surface area (Å²) < 4.78 is 4.68. The SMILES string of the molecule is CCC=CC[n+]1ccn(C2CCC(C(C(N)=O)(c3ccccc3)c3ccccc3)C2)c1C. The van der Waals surface area contributed by atoms with Crippen LogP contribution in [0, 0.1) is 12.8 Å². The van der Waals surface area contributed by atoms with E-state index < -0.39 is 5.41 Å². The highest BCUT2D eigenvalue weighted by atomic mass is 16.1. The number of aromatic nitrogens is 2. The summed E-state index contributed by atoms with van der Waals surface area (Å²) in [6.07, 6.45) is 12.8. The summed E-state index contributed by atoms with van der Waals surface area (Å²) in [6, 6.07) is 20.6. The smallest absolute Gasteiger partial charge is 0.253 e. The first-order valence-corrected chi connectivity index (χ1v) is 11.7. The van der Waals surface area contributed by atoms with Gasteiger partial charge < -0.3 is 5.73 Å². The molecule has 1 aliphatic carbocycles. The normalized spacial score (nSPS) is 18.9. The molecule has 32 heavy (non-hydrogen) atoms. The third-order valence-corrected chi connectivity index (χ3v) is 7.16. The fraction of sp³-hybridized carbons (Fsp3) is 0.357. The van der Waals surface area contributed by atoms with Crippen molar-refractivity contribution in [3.8, 4) is 0 Å². The molecule has 0 spiro atoms. The van der Waals surface area contributed by atoms with Gasteiger partial charge in [-0.05, 0) is 48.8 Å². The fourth-order valence-corrected chi connectivity index (χ4v) is 5.58. The molecule has 1 heterocycles. The second kappa shape index (κ2) is 9.56. The molecule has 4 heteroatoms. The highest BCUT2D eigenvalue weighted by Gasteiger charge is 2.51. The number of benzene rings is 2. The number of carbonyl (C=O) groups is 1. The minimum absolute atomic E-state index is 0.144. The number of carbonyl (C=O) groups excluding carboxylic acids is 1. The van der Waals surface area contributed by atoms with Crippen LogP contribution in [0.4, 0.5) is 0 Å². The quantitative estimate of drug-likeness (QED) is 0.404. The molecule has 2 unspecified atom stereocenters. The molecule has 2 N–H and O–H groups in total. The number of primary amides is 1. The average Bonchev–Trinajstić information content (AvgIpc) is 3.43. The molecule has 1 aromatic heterocycles. The molecular formula is C28H34N3O+. The molecule has 1 aliphatic rings. The lowest BCUT2D eigenvalue weighted by molar-refractivity contribution is -0.692. The number of imidazole rings is 1. The molecule has 0 aliphatic heterocycles. The zero-order valence-electron chi connectivity index (χ0n) is 19.2. The predicted octanol–water partition coefficient (Wildman–Crippen LogP) is 4.86. The van der Waals surface area contributed by atoms with Crippen LogP contribution in [0.2, 0.25) is 0 Å². The predicted molar refractivity (Wildman–Crippen MR) is 128 cm³/mol. The molecule has 3 aromatic rings. The van der Waals surface area contributed by atoms with Crippen molar-refractivity contribution in [2.45, 2.75) is 57.5 Å². The van der Waals surface area contributed by atoms with Gasteiger partial charge in [0, 0.05) is 6.92 Å². The van der Waals surface area contributed by atoms with E-state index in [0.717, 1.165) is 43.4 Å². The number of hydrogen-bond donors (Lipinski definition) is 1. The molecule has 1 saturated carbocycles. The van der Waals surface area contributed by atoms with E-state index in [1.54, 1.807) is 0 Å². The maximum Gasteiger partial charge on any atom is 0.253 e. The summed E-state index contributed by atoms with van der Waals surface area (Å²) in [6.45, 7) is 5.23. The number of hydrogen-bond acceptors (Lipinski definition) is 1. The van der Waals surface area contributed by atoms with Gasteiger partial charge in [-0.3, -0.25) is 4.79 Å². The first-order valence-electron chi connectivity index (χ1n) is 11.7. The lowest BCUT2D eigenvalue weighted by atomic mass is 9.64. The van der Waals surface area contributed by atoms with Crippen LogP contribution in [-0.4, -0.2) is 10.5 Å². The van der Waals surface area contributed by atoms with E-state index in [2.05, 4.69) is 71.8 Å². The largest absolute Gasteiger partial charge is 0.369 e. The van der Waals surface area contributed by atoms with E-state index in [9.17, 15) is 4.79 Å². The standard InChI is InChI=1S/C28H33N3O/c1-3-4-11-18-30-19-20-31(22(30)2)26-17-16-25(21-26)28(27(29)32,23-12-7-5-8-13-23)24-14-9-6-10-15-24/h4-15,19-20,25-26H,3,16-18,21H2,1-2H3,(H-,29,32)/p+1. The second-order valence-corrected chi connectivity index (χ2v) is 8.85. The Morgan fingerprint density at radius 1 is 1.06 bits per heavy atom. The summed E-state index contributed by atoms with van der Waals surface area (Å²) in [5, 5.41) is 0. The van der Waals surface area contributed by atoms with Crippen molar-refractivity contribution in [2.75, 3.05) is 0 Å². The molecular weight excluding hydrogens is 394 g/mol. The molecule has 4 nitrogen and oxygen atoms in total. The van der Waals surface area contributed by atoms with Gasteiger partial charge >= 0.3 is 0 Å².